The standard InChI is InChI=1S/C22H30N4O5/c1-28-20-5-4-17(13-23-20)22(27)26-9-2-3-18(14-26)21-24-19(25-31-21)8-12-30-15-16-6-10-29-11-7-16/h4-5,13,16,18H,2-3,6-12,14-15H2,1H3. The summed E-state index contributed by atoms with van der Waals surface area (Å²) in [4.78, 5) is 23.4. The Morgan fingerprint density at radius 2 is 2.13 bits per heavy atom. The van der Waals surface area contributed by atoms with Crippen molar-refractivity contribution < 1.29 is 23.5 Å². The third-order valence-electron chi connectivity index (χ3n) is 5.90. The number of hydrogen-bond acceptors (Lipinski definition) is 8. The number of rotatable bonds is 8. The maximum absolute atomic E-state index is 12.8. The lowest BCUT2D eigenvalue weighted by atomic mass is 9.97. The summed E-state index contributed by atoms with van der Waals surface area (Å²) < 4.78 is 21.7. The molecule has 1 amide bonds. The molecular weight excluding hydrogens is 400 g/mol. The molecule has 2 aliphatic heterocycles. The second kappa shape index (κ2) is 10.7. The van der Waals surface area contributed by atoms with Crippen molar-refractivity contribution in [2.75, 3.05) is 46.6 Å². The van der Waals surface area contributed by atoms with Crippen LogP contribution in [-0.4, -0.2) is 72.6 Å². The van der Waals surface area contributed by atoms with Crippen LogP contribution in [0.15, 0.2) is 22.9 Å². The topological polar surface area (TPSA) is 99.8 Å². The molecule has 0 spiro atoms. The summed E-state index contributed by atoms with van der Waals surface area (Å²) in [7, 11) is 1.55. The summed E-state index contributed by atoms with van der Waals surface area (Å²) in [6, 6.07) is 3.44. The van der Waals surface area contributed by atoms with Gasteiger partial charge in [-0.05, 0) is 37.7 Å². The van der Waals surface area contributed by atoms with Crippen LogP contribution in [0.3, 0.4) is 0 Å². The average molecular weight is 431 g/mol. The molecule has 2 aromatic rings. The largest absolute Gasteiger partial charge is 0.481 e. The first-order valence-electron chi connectivity index (χ1n) is 11.0. The third kappa shape index (κ3) is 5.80. The van der Waals surface area contributed by atoms with E-state index >= 15 is 0 Å². The number of carbonyl (C=O) groups excluding carboxylic acids is 1. The zero-order chi connectivity index (χ0) is 21.5. The van der Waals surface area contributed by atoms with Crippen LogP contribution >= 0.6 is 0 Å². The highest BCUT2D eigenvalue weighted by molar-refractivity contribution is 5.94. The molecule has 2 fully saturated rings. The lowest BCUT2D eigenvalue weighted by molar-refractivity contribution is 0.0211. The lowest BCUT2D eigenvalue weighted by Crippen LogP contribution is -2.39. The van der Waals surface area contributed by atoms with Gasteiger partial charge in [0.1, 0.15) is 0 Å². The first kappa shape index (κ1) is 21.7. The zero-order valence-corrected chi connectivity index (χ0v) is 18.0. The first-order valence-corrected chi connectivity index (χ1v) is 11.0. The highest BCUT2D eigenvalue weighted by Gasteiger charge is 2.29. The predicted molar refractivity (Wildman–Crippen MR) is 111 cm³/mol. The number of aromatic nitrogens is 3. The number of methoxy groups -OCH3 is 1. The quantitative estimate of drug-likeness (QED) is 0.589. The molecule has 9 nitrogen and oxygen atoms in total. The third-order valence-corrected chi connectivity index (χ3v) is 5.90. The maximum Gasteiger partial charge on any atom is 0.255 e. The van der Waals surface area contributed by atoms with Gasteiger partial charge in [0, 0.05) is 51.6 Å². The van der Waals surface area contributed by atoms with Gasteiger partial charge in [-0.25, -0.2) is 4.98 Å². The molecule has 0 saturated carbocycles. The average Bonchev–Trinajstić information content (AvgIpc) is 3.31. The van der Waals surface area contributed by atoms with Gasteiger partial charge in [0.2, 0.25) is 11.8 Å². The Bertz CT molecular complexity index is 835. The molecule has 31 heavy (non-hydrogen) atoms. The predicted octanol–water partition coefficient (Wildman–Crippen LogP) is 2.48. The molecule has 0 aliphatic carbocycles. The Morgan fingerprint density at radius 3 is 2.90 bits per heavy atom. The molecule has 0 radical (unpaired) electrons. The van der Waals surface area contributed by atoms with Gasteiger partial charge in [-0.3, -0.25) is 4.79 Å². The molecule has 1 unspecified atom stereocenters. The van der Waals surface area contributed by atoms with Crippen molar-refractivity contribution in [2.24, 2.45) is 5.92 Å². The van der Waals surface area contributed by atoms with E-state index in [1.807, 2.05) is 4.90 Å². The second-order valence-electron chi connectivity index (χ2n) is 8.11. The van der Waals surface area contributed by atoms with E-state index in [0.717, 1.165) is 45.5 Å². The van der Waals surface area contributed by atoms with E-state index in [9.17, 15) is 4.79 Å². The normalized spacial score (nSPS) is 20.0. The van der Waals surface area contributed by atoms with Gasteiger partial charge < -0.3 is 23.6 Å². The van der Waals surface area contributed by atoms with Crippen LogP contribution in [0.2, 0.25) is 0 Å². The van der Waals surface area contributed by atoms with E-state index in [1.165, 1.54) is 0 Å². The smallest absolute Gasteiger partial charge is 0.255 e. The van der Waals surface area contributed by atoms with Gasteiger partial charge in [-0.2, -0.15) is 4.98 Å². The van der Waals surface area contributed by atoms with Gasteiger partial charge in [0.15, 0.2) is 5.82 Å². The fourth-order valence-corrected chi connectivity index (χ4v) is 4.03. The van der Waals surface area contributed by atoms with Crippen LogP contribution in [-0.2, 0) is 15.9 Å². The van der Waals surface area contributed by atoms with E-state index in [0.29, 0.717) is 55.2 Å². The summed E-state index contributed by atoms with van der Waals surface area (Å²) >= 11 is 0. The number of carbonyl (C=O) groups is 1. The van der Waals surface area contributed by atoms with Crippen molar-refractivity contribution in [2.45, 2.75) is 38.0 Å². The maximum atomic E-state index is 12.8. The van der Waals surface area contributed by atoms with E-state index in [4.69, 9.17) is 18.7 Å². The van der Waals surface area contributed by atoms with Crippen LogP contribution in [0.4, 0.5) is 0 Å². The Balaban J connectivity index is 1.26. The Labute approximate surface area is 182 Å². The van der Waals surface area contributed by atoms with Crippen LogP contribution in [0.5, 0.6) is 5.88 Å². The minimum Gasteiger partial charge on any atom is -0.481 e. The molecule has 0 aromatic carbocycles. The number of nitrogens with zero attached hydrogens (tertiary/aromatic N) is 4. The number of pyridine rings is 1. The van der Waals surface area contributed by atoms with E-state index in [1.54, 1.807) is 25.4 Å². The van der Waals surface area contributed by atoms with Crippen molar-refractivity contribution in [3.63, 3.8) is 0 Å². The van der Waals surface area contributed by atoms with Crippen LogP contribution < -0.4 is 4.74 Å². The molecular formula is C22H30N4O5. The Kier molecular flexibility index (Phi) is 7.48. The van der Waals surface area contributed by atoms with E-state index in [-0.39, 0.29) is 11.8 Å². The molecule has 168 valence electrons. The van der Waals surface area contributed by atoms with E-state index in [2.05, 4.69) is 15.1 Å². The summed E-state index contributed by atoms with van der Waals surface area (Å²) in [6.07, 6.45) is 6.12. The van der Waals surface area contributed by atoms with Gasteiger partial charge in [0.25, 0.3) is 5.91 Å². The van der Waals surface area contributed by atoms with E-state index < -0.39 is 0 Å². The molecule has 2 saturated heterocycles. The highest BCUT2D eigenvalue weighted by atomic mass is 16.5. The molecule has 4 heterocycles. The van der Waals surface area contributed by atoms with Crippen molar-refractivity contribution in [1.29, 1.82) is 0 Å². The summed E-state index contributed by atoms with van der Waals surface area (Å²) in [6.45, 7) is 4.27. The molecule has 0 N–H and O–H groups in total. The first-order chi connectivity index (χ1) is 15.2. The highest BCUT2D eigenvalue weighted by Crippen LogP contribution is 2.27. The van der Waals surface area contributed by atoms with Gasteiger partial charge >= 0.3 is 0 Å². The van der Waals surface area contributed by atoms with Gasteiger partial charge in [-0.15, -0.1) is 0 Å². The number of amides is 1. The number of piperidine rings is 1. The van der Waals surface area contributed by atoms with Crippen LogP contribution in [0.25, 0.3) is 0 Å². The second-order valence-corrected chi connectivity index (χ2v) is 8.11. The molecule has 2 aromatic heterocycles. The summed E-state index contributed by atoms with van der Waals surface area (Å²) in [5.74, 6) is 2.34. The fourth-order valence-electron chi connectivity index (χ4n) is 4.03. The molecule has 0 bridgehead atoms. The fraction of sp³-hybridized carbons (Fsp3) is 0.636. The SMILES string of the molecule is COc1ccc(C(=O)N2CCCC(c3nc(CCOCC4CCOCC4)no3)C2)cn1. The van der Waals surface area contributed by atoms with Crippen LogP contribution in [0.1, 0.15) is 53.7 Å². The van der Waals surface area contributed by atoms with Crippen LogP contribution in [0, 0.1) is 5.92 Å². The lowest BCUT2D eigenvalue weighted by Gasteiger charge is -2.31. The van der Waals surface area contributed by atoms with Crippen molar-refractivity contribution in [3.8, 4) is 5.88 Å². The van der Waals surface area contributed by atoms with Crippen molar-refractivity contribution in [3.05, 3.63) is 35.6 Å². The molecule has 2 aliphatic rings. The monoisotopic (exact) mass is 430 g/mol. The molecule has 1 atom stereocenters. The van der Waals surface area contributed by atoms with Crippen molar-refractivity contribution in [1.82, 2.24) is 20.0 Å². The Hall–Kier alpha value is -2.52. The molecule has 9 heteroatoms. The minimum absolute atomic E-state index is 0.0406. The number of ether oxygens (including phenoxy) is 3. The van der Waals surface area contributed by atoms with Gasteiger partial charge in [-0.1, -0.05) is 5.16 Å². The summed E-state index contributed by atoms with van der Waals surface area (Å²) in [5, 5.41) is 4.11. The zero-order valence-electron chi connectivity index (χ0n) is 18.0. The molecule has 4 rings (SSSR count). The van der Waals surface area contributed by atoms with Gasteiger partial charge in [0.05, 0.1) is 25.2 Å². The number of hydrogen-bond donors (Lipinski definition) is 0. The summed E-state index contributed by atoms with van der Waals surface area (Å²) in [5.41, 5.74) is 0.550. The number of likely N-dealkylation sites (tertiary alicyclic amines) is 1. The Morgan fingerprint density at radius 1 is 1.26 bits per heavy atom. The van der Waals surface area contributed by atoms with Crippen molar-refractivity contribution >= 4 is 5.91 Å². The minimum atomic E-state index is -0.0406.